The number of hydrogen-bond donors (Lipinski definition) is 2. The molecule has 0 bridgehead atoms. The van der Waals surface area contributed by atoms with Gasteiger partial charge >= 0.3 is 0 Å². The quantitative estimate of drug-likeness (QED) is 0.426. The molecule has 0 amide bonds. The van der Waals surface area contributed by atoms with Gasteiger partial charge in [-0.05, 0) is 37.3 Å². The zero-order valence-corrected chi connectivity index (χ0v) is 16.5. The summed E-state index contributed by atoms with van der Waals surface area (Å²) >= 11 is 0. The molecule has 0 saturated heterocycles. The first-order chi connectivity index (χ1) is 11.3. The molecule has 0 aliphatic heterocycles. The predicted octanol–water partition coefficient (Wildman–Crippen LogP) is 2.66. The van der Waals surface area contributed by atoms with Crippen LogP contribution in [0.15, 0.2) is 35.7 Å². The molecule has 6 nitrogen and oxygen atoms in total. The largest absolute Gasteiger partial charge is 0.356 e. The smallest absolute Gasteiger partial charge is 0.191 e. The minimum Gasteiger partial charge on any atom is -0.356 e. The van der Waals surface area contributed by atoms with Crippen molar-refractivity contribution in [2.24, 2.45) is 10.9 Å². The van der Waals surface area contributed by atoms with Crippen LogP contribution in [-0.2, 0) is 6.54 Å². The Morgan fingerprint density at radius 3 is 2.67 bits per heavy atom. The Morgan fingerprint density at radius 2 is 2.12 bits per heavy atom. The van der Waals surface area contributed by atoms with Crippen molar-refractivity contribution in [3.63, 3.8) is 0 Å². The average Bonchev–Trinajstić information content (AvgIpc) is 2.95. The maximum absolute atomic E-state index is 4.51. The monoisotopic (exact) mass is 440 g/mol. The maximum Gasteiger partial charge on any atom is 0.191 e. The van der Waals surface area contributed by atoms with Crippen molar-refractivity contribution in [2.75, 3.05) is 13.6 Å². The van der Waals surface area contributed by atoms with Gasteiger partial charge in [0.25, 0.3) is 0 Å². The summed E-state index contributed by atoms with van der Waals surface area (Å²) in [7, 11) is 1.80. The first kappa shape index (κ1) is 18.7. The highest BCUT2D eigenvalue weighted by atomic mass is 127. The van der Waals surface area contributed by atoms with Crippen LogP contribution in [-0.4, -0.2) is 34.1 Å². The summed E-state index contributed by atoms with van der Waals surface area (Å²) in [6.45, 7) is 3.69. The molecule has 24 heavy (non-hydrogen) atoms. The molecule has 2 heterocycles. The average molecular weight is 440 g/mol. The molecule has 1 saturated carbocycles. The molecule has 2 aromatic heterocycles. The van der Waals surface area contributed by atoms with Gasteiger partial charge in [0.2, 0.25) is 0 Å². The summed E-state index contributed by atoms with van der Waals surface area (Å²) in [5, 5.41) is 6.72. The van der Waals surface area contributed by atoms with E-state index in [-0.39, 0.29) is 24.0 Å². The third kappa shape index (κ3) is 4.68. The lowest BCUT2D eigenvalue weighted by molar-refractivity contribution is 0.314. The van der Waals surface area contributed by atoms with Crippen LogP contribution < -0.4 is 10.6 Å². The van der Waals surface area contributed by atoms with Crippen molar-refractivity contribution in [1.82, 2.24) is 25.2 Å². The second-order valence-corrected chi connectivity index (χ2v) is 5.97. The molecule has 2 aromatic rings. The highest BCUT2D eigenvalue weighted by molar-refractivity contribution is 14.0. The summed E-state index contributed by atoms with van der Waals surface area (Å²) in [5.41, 5.74) is 1.12. The summed E-state index contributed by atoms with van der Waals surface area (Å²) in [5.74, 6) is 3.49. The molecule has 130 valence electrons. The number of rotatable bonds is 5. The fourth-order valence-corrected chi connectivity index (χ4v) is 2.63. The highest BCUT2D eigenvalue weighted by Crippen LogP contribution is 2.25. The van der Waals surface area contributed by atoms with Crippen molar-refractivity contribution in [2.45, 2.75) is 32.7 Å². The molecule has 2 N–H and O–H groups in total. The maximum atomic E-state index is 4.51. The van der Waals surface area contributed by atoms with Crippen LogP contribution >= 0.6 is 24.0 Å². The van der Waals surface area contributed by atoms with Gasteiger partial charge in [-0.2, -0.15) is 0 Å². The molecule has 3 rings (SSSR count). The zero-order valence-electron chi connectivity index (χ0n) is 14.2. The van der Waals surface area contributed by atoms with Gasteiger partial charge in [-0.3, -0.25) is 9.56 Å². The molecule has 0 atom stereocenters. The number of halogens is 1. The first-order valence-electron chi connectivity index (χ1n) is 8.16. The molecule has 7 heteroatoms. The number of nitrogens with zero attached hydrogens (tertiary/aromatic N) is 4. The van der Waals surface area contributed by atoms with E-state index in [1.54, 1.807) is 13.2 Å². The Morgan fingerprint density at radius 1 is 1.29 bits per heavy atom. The lowest BCUT2D eigenvalue weighted by Gasteiger charge is -2.26. The van der Waals surface area contributed by atoms with E-state index in [2.05, 4.69) is 31.7 Å². The van der Waals surface area contributed by atoms with E-state index in [0.717, 1.165) is 35.6 Å². The van der Waals surface area contributed by atoms with E-state index < -0.39 is 0 Å². The first-order valence-corrected chi connectivity index (χ1v) is 8.16. The molecule has 1 aliphatic carbocycles. The Kier molecular flexibility index (Phi) is 7.01. The van der Waals surface area contributed by atoms with E-state index in [9.17, 15) is 0 Å². The number of hydrogen-bond acceptors (Lipinski definition) is 3. The molecular weight excluding hydrogens is 415 g/mol. The van der Waals surface area contributed by atoms with E-state index in [1.165, 1.54) is 19.3 Å². The molecule has 0 unspecified atom stereocenters. The fourth-order valence-electron chi connectivity index (χ4n) is 2.63. The van der Waals surface area contributed by atoms with Crippen LogP contribution in [0.4, 0.5) is 0 Å². The van der Waals surface area contributed by atoms with Crippen molar-refractivity contribution in [3.8, 4) is 5.82 Å². The van der Waals surface area contributed by atoms with Crippen molar-refractivity contribution < 1.29 is 0 Å². The summed E-state index contributed by atoms with van der Waals surface area (Å²) in [6, 6.07) is 4.09. The van der Waals surface area contributed by atoms with Gasteiger partial charge in [0.05, 0.1) is 0 Å². The summed E-state index contributed by atoms with van der Waals surface area (Å²) in [4.78, 5) is 13.0. The number of imidazole rings is 1. The predicted molar refractivity (Wildman–Crippen MR) is 107 cm³/mol. The number of aliphatic imine (C=N–C) groups is 1. The van der Waals surface area contributed by atoms with Gasteiger partial charge in [-0.25, -0.2) is 9.97 Å². The number of aromatic nitrogens is 3. The second kappa shape index (κ2) is 9.00. The van der Waals surface area contributed by atoms with Gasteiger partial charge in [0.15, 0.2) is 5.96 Å². The van der Waals surface area contributed by atoms with Crippen LogP contribution in [0.25, 0.3) is 5.82 Å². The van der Waals surface area contributed by atoms with E-state index in [4.69, 9.17) is 0 Å². The van der Waals surface area contributed by atoms with Gasteiger partial charge in [-0.1, -0.05) is 12.5 Å². The molecule has 0 radical (unpaired) electrons. The van der Waals surface area contributed by atoms with Crippen molar-refractivity contribution in [3.05, 3.63) is 42.1 Å². The minimum atomic E-state index is 0. The normalized spacial score (nSPS) is 14.7. The Balaban J connectivity index is 0.00000208. The lowest BCUT2D eigenvalue weighted by atomic mass is 9.85. The SMILES string of the molecule is CN=C(NCc1ccc(-n2ccnc2C)nc1)NCC1CCC1.I. The fraction of sp³-hybridized carbons (Fsp3) is 0.471. The van der Waals surface area contributed by atoms with Crippen molar-refractivity contribution in [1.29, 1.82) is 0 Å². The van der Waals surface area contributed by atoms with E-state index in [1.807, 2.05) is 30.0 Å². The number of nitrogens with one attached hydrogen (secondary N) is 2. The number of pyridine rings is 1. The topological polar surface area (TPSA) is 67.1 Å². The summed E-state index contributed by atoms with van der Waals surface area (Å²) < 4.78 is 1.97. The van der Waals surface area contributed by atoms with Gasteiger partial charge in [0.1, 0.15) is 11.6 Å². The van der Waals surface area contributed by atoms with Crippen molar-refractivity contribution >= 4 is 29.9 Å². The molecular formula is C17H25IN6. The number of aryl methyl sites for hydroxylation is 1. The molecule has 0 spiro atoms. The lowest BCUT2D eigenvalue weighted by Crippen LogP contribution is -2.40. The third-order valence-electron chi connectivity index (χ3n) is 4.35. The standard InChI is InChI=1S/C17H24N6.HI/c1-13-19-8-9-23(13)16-7-6-15(11-20-16)12-22-17(18-2)21-10-14-4-3-5-14;/h6-9,11,14H,3-5,10,12H2,1-2H3,(H2,18,21,22);1H. The zero-order chi connectivity index (χ0) is 16.1. The second-order valence-electron chi connectivity index (χ2n) is 5.97. The number of guanidine groups is 1. The highest BCUT2D eigenvalue weighted by Gasteiger charge is 2.17. The molecule has 0 aromatic carbocycles. The van der Waals surface area contributed by atoms with Crippen LogP contribution in [0.3, 0.4) is 0 Å². The summed E-state index contributed by atoms with van der Waals surface area (Å²) in [6.07, 6.45) is 9.63. The van der Waals surface area contributed by atoms with Crippen LogP contribution in [0.5, 0.6) is 0 Å². The van der Waals surface area contributed by atoms with E-state index in [0.29, 0.717) is 6.54 Å². The molecule has 1 aliphatic rings. The minimum absolute atomic E-state index is 0. The van der Waals surface area contributed by atoms with Gasteiger partial charge in [-0.15, -0.1) is 24.0 Å². The molecule has 1 fully saturated rings. The van der Waals surface area contributed by atoms with Gasteiger partial charge < -0.3 is 10.6 Å². The van der Waals surface area contributed by atoms with E-state index >= 15 is 0 Å². The Bertz CT molecular complexity index is 660. The Labute approximate surface area is 160 Å². The van der Waals surface area contributed by atoms with Crippen LogP contribution in [0.2, 0.25) is 0 Å². The third-order valence-corrected chi connectivity index (χ3v) is 4.35. The van der Waals surface area contributed by atoms with Crippen LogP contribution in [0, 0.1) is 12.8 Å². The Hall–Kier alpha value is -1.64. The van der Waals surface area contributed by atoms with Gasteiger partial charge in [0, 0.05) is 38.7 Å². The van der Waals surface area contributed by atoms with Crippen LogP contribution in [0.1, 0.15) is 30.7 Å².